The van der Waals surface area contributed by atoms with Gasteiger partial charge in [-0.2, -0.15) is 0 Å². The van der Waals surface area contributed by atoms with Gasteiger partial charge in [-0.05, 0) is 27.7 Å². The van der Waals surface area contributed by atoms with E-state index in [1.54, 1.807) is 0 Å². The highest BCUT2D eigenvalue weighted by molar-refractivity contribution is 5.38. The highest BCUT2D eigenvalue weighted by Gasteiger charge is 2.05. The highest BCUT2D eigenvalue weighted by atomic mass is 15.1. The van der Waals surface area contributed by atoms with Crippen molar-refractivity contribution < 1.29 is 9.13 Å². The standard InChI is InChI=1S/C18H22N4/c1-15(2)19-8-10-21(13-19)17-6-5-7-18(12-17)22-11-9-20(14-22)16(3)4/h5-12,15-16H,1-4H3. The van der Waals surface area contributed by atoms with Crippen LogP contribution in [0.15, 0.2) is 49.1 Å². The minimum absolute atomic E-state index is 0.409. The summed E-state index contributed by atoms with van der Waals surface area (Å²) < 4.78 is 8.18. The lowest BCUT2D eigenvalue weighted by atomic mass is 10.2. The molecule has 22 heavy (non-hydrogen) atoms. The number of aromatic nitrogens is 4. The number of hydrogen-bond acceptors (Lipinski definition) is 0. The van der Waals surface area contributed by atoms with Gasteiger partial charge in [-0.3, -0.25) is 0 Å². The van der Waals surface area contributed by atoms with Crippen molar-refractivity contribution in [1.82, 2.24) is 9.13 Å². The van der Waals surface area contributed by atoms with E-state index in [9.17, 15) is 0 Å². The Hall–Kier alpha value is -2.36. The second-order valence-corrected chi connectivity index (χ2v) is 6.06. The molecule has 114 valence electrons. The SMILES string of the molecule is CC(C)n1[c-][n+](-c2cccc(-n3[c-][n+](C(C)C)cc3)c2)cc1. The molecule has 4 heteroatoms. The van der Waals surface area contributed by atoms with Crippen molar-refractivity contribution >= 4 is 0 Å². The average Bonchev–Trinajstić information content (AvgIpc) is 3.17. The fourth-order valence-electron chi connectivity index (χ4n) is 2.31. The maximum absolute atomic E-state index is 3.34. The molecule has 0 bridgehead atoms. The molecule has 2 aromatic heterocycles. The normalized spacial score (nSPS) is 11.5. The first-order valence-corrected chi connectivity index (χ1v) is 7.69. The molecule has 0 aliphatic rings. The van der Waals surface area contributed by atoms with Crippen LogP contribution in [0.1, 0.15) is 39.8 Å². The summed E-state index contributed by atoms with van der Waals surface area (Å²) in [4.78, 5) is 0. The monoisotopic (exact) mass is 294 g/mol. The summed E-state index contributed by atoms with van der Waals surface area (Å²) in [5, 5.41) is 0. The van der Waals surface area contributed by atoms with Gasteiger partial charge in [0.1, 0.15) is 0 Å². The molecule has 2 heterocycles. The van der Waals surface area contributed by atoms with Crippen molar-refractivity contribution in [2.24, 2.45) is 0 Å². The zero-order valence-electron chi connectivity index (χ0n) is 13.6. The number of rotatable bonds is 4. The van der Waals surface area contributed by atoms with Crippen LogP contribution in [-0.2, 0) is 0 Å². The molecule has 0 unspecified atom stereocenters. The summed E-state index contributed by atoms with van der Waals surface area (Å²) in [6.07, 6.45) is 14.8. The first kappa shape index (κ1) is 14.6. The summed E-state index contributed by atoms with van der Waals surface area (Å²) in [6.45, 7) is 8.60. The van der Waals surface area contributed by atoms with Crippen LogP contribution < -0.4 is 9.13 Å². The van der Waals surface area contributed by atoms with Gasteiger partial charge in [0.15, 0.2) is 0 Å². The van der Waals surface area contributed by atoms with E-state index in [2.05, 4.69) is 73.7 Å². The average molecular weight is 294 g/mol. The van der Waals surface area contributed by atoms with Gasteiger partial charge in [0, 0.05) is 36.2 Å². The fourth-order valence-corrected chi connectivity index (χ4v) is 2.31. The Balaban J connectivity index is 1.94. The van der Waals surface area contributed by atoms with E-state index in [4.69, 9.17) is 0 Å². The van der Waals surface area contributed by atoms with E-state index < -0.39 is 0 Å². The minimum atomic E-state index is 0.409. The molecule has 0 fully saturated rings. The number of imidazole rings is 2. The van der Waals surface area contributed by atoms with Gasteiger partial charge < -0.3 is 18.3 Å². The lowest BCUT2D eigenvalue weighted by molar-refractivity contribution is -0.719. The summed E-state index contributed by atoms with van der Waals surface area (Å²) in [6, 6.07) is 9.20. The van der Waals surface area contributed by atoms with Crippen molar-refractivity contribution in [3.05, 3.63) is 61.7 Å². The van der Waals surface area contributed by atoms with Gasteiger partial charge in [0.05, 0.1) is 12.1 Å². The molecule has 0 N–H and O–H groups in total. The molecule has 0 aliphatic heterocycles. The molecule has 0 saturated heterocycles. The van der Waals surface area contributed by atoms with E-state index in [-0.39, 0.29) is 0 Å². The van der Waals surface area contributed by atoms with Gasteiger partial charge in [0.2, 0.25) is 12.7 Å². The first-order valence-electron chi connectivity index (χ1n) is 7.69. The molecule has 0 aliphatic carbocycles. The summed E-state index contributed by atoms with van der Waals surface area (Å²) in [5.41, 5.74) is 2.19. The Morgan fingerprint density at radius 1 is 1.00 bits per heavy atom. The van der Waals surface area contributed by atoms with E-state index in [0.29, 0.717) is 12.1 Å². The molecule has 0 atom stereocenters. The topological polar surface area (TPSA) is 17.6 Å². The second kappa shape index (κ2) is 5.79. The van der Waals surface area contributed by atoms with Crippen molar-refractivity contribution in [1.29, 1.82) is 0 Å². The van der Waals surface area contributed by atoms with E-state index in [1.807, 2.05) is 33.9 Å². The van der Waals surface area contributed by atoms with E-state index in [1.165, 1.54) is 0 Å². The number of nitrogens with zero attached hydrogens (tertiary/aromatic N) is 4. The number of benzene rings is 1. The van der Waals surface area contributed by atoms with Crippen molar-refractivity contribution in [3.8, 4) is 11.4 Å². The molecular weight excluding hydrogens is 272 g/mol. The Bertz CT molecular complexity index is 703. The molecule has 0 amide bonds. The molecule has 1 aromatic carbocycles. The Labute approximate surface area is 131 Å². The number of hydrogen-bond donors (Lipinski definition) is 0. The summed E-state index contributed by atoms with van der Waals surface area (Å²) in [7, 11) is 0. The Morgan fingerprint density at radius 2 is 1.82 bits per heavy atom. The van der Waals surface area contributed by atoms with Gasteiger partial charge in [-0.1, -0.05) is 24.3 Å². The van der Waals surface area contributed by atoms with Gasteiger partial charge in [-0.25, -0.2) is 0 Å². The van der Waals surface area contributed by atoms with Gasteiger partial charge >= 0.3 is 0 Å². The van der Waals surface area contributed by atoms with Crippen molar-refractivity contribution in [2.75, 3.05) is 0 Å². The third-order valence-electron chi connectivity index (χ3n) is 3.70. The van der Waals surface area contributed by atoms with Crippen LogP contribution >= 0.6 is 0 Å². The third-order valence-corrected chi connectivity index (χ3v) is 3.70. The molecule has 4 nitrogen and oxygen atoms in total. The molecule has 3 aromatic rings. The van der Waals surface area contributed by atoms with Crippen LogP contribution in [0, 0.1) is 12.7 Å². The maximum Gasteiger partial charge on any atom is 0.243 e. The summed E-state index contributed by atoms with van der Waals surface area (Å²) >= 11 is 0. The zero-order chi connectivity index (χ0) is 15.7. The molecule has 0 spiro atoms. The molecule has 3 rings (SSSR count). The largest absolute Gasteiger partial charge is 0.327 e. The van der Waals surface area contributed by atoms with Crippen LogP contribution in [-0.4, -0.2) is 9.13 Å². The summed E-state index contributed by atoms with van der Waals surface area (Å²) in [5.74, 6) is 0. The lowest BCUT2D eigenvalue weighted by Gasteiger charge is -2.08. The zero-order valence-corrected chi connectivity index (χ0v) is 13.6. The molecule has 0 saturated carbocycles. The predicted molar refractivity (Wildman–Crippen MR) is 83.9 cm³/mol. The van der Waals surface area contributed by atoms with Crippen LogP contribution in [0.25, 0.3) is 11.4 Å². The van der Waals surface area contributed by atoms with Crippen LogP contribution in [0.3, 0.4) is 0 Å². The second-order valence-electron chi connectivity index (χ2n) is 6.06. The van der Waals surface area contributed by atoms with E-state index in [0.717, 1.165) is 11.4 Å². The van der Waals surface area contributed by atoms with Gasteiger partial charge in [0.25, 0.3) is 0 Å². The fraction of sp³-hybridized carbons (Fsp3) is 0.333. The Kier molecular flexibility index (Phi) is 3.84. The van der Waals surface area contributed by atoms with Crippen LogP contribution in [0.5, 0.6) is 0 Å². The Morgan fingerprint density at radius 3 is 2.45 bits per heavy atom. The smallest absolute Gasteiger partial charge is 0.243 e. The minimum Gasteiger partial charge on any atom is -0.327 e. The predicted octanol–water partition coefficient (Wildman–Crippen LogP) is 2.61. The molecule has 0 radical (unpaired) electrons. The maximum atomic E-state index is 3.34. The van der Waals surface area contributed by atoms with Crippen molar-refractivity contribution in [2.45, 2.75) is 39.8 Å². The van der Waals surface area contributed by atoms with Crippen LogP contribution in [0.4, 0.5) is 0 Å². The van der Waals surface area contributed by atoms with Gasteiger partial charge in [-0.15, -0.1) is 0 Å². The first-order chi connectivity index (χ1) is 10.5. The van der Waals surface area contributed by atoms with Crippen LogP contribution in [0.2, 0.25) is 0 Å². The third kappa shape index (κ3) is 2.82. The van der Waals surface area contributed by atoms with Crippen molar-refractivity contribution in [3.63, 3.8) is 0 Å². The molecular formula is C18H22N4. The highest BCUT2D eigenvalue weighted by Crippen LogP contribution is 2.10. The van der Waals surface area contributed by atoms with E-state index >= 15 is 0 Å². The quantitative estimate of drug-likeness (QED) is 0.520. The lowest BCUT2D eigenvalue weighted by Crippen LogP contribution is -2.34.